The number of aromatic nitrogens is 1. The molecule has 2 aliphatic rings. The molecule has 0 bridgehead atoms. The Balaban J connectivity index is 1.85. The van der Waals surface area contributed by atoms with Gasteiger partial charge in [0.15, 0.2) is 0 Å². The molecule has 1 aromatic carbocycles. The van der Waals surface area contributed by atoms with E-state index in [0.717, 1.165) is 24.0 Å². The van der Waals surface area contributed by atoms with Crippen LogP contribution in [0, 0.1) is 5.82 Å². The molecule has 1 aromatic heterocycles. The lowest BCUT2D eigenvalue weighted by atomic mass is 9.82. The topological polar surface area (TPSA) is 77.7 Å². The van der Waals surface area contributed by atoms with Crippen molar-refractivity contribution in [1.82, 2.24) is 20.1 Å². The molecule has 8 heteroatoms. The summed E-state index contributed by atoms with van der Waals surface area (Å²) in [5.41, 5.74) is 1.85. The highest BCUT2D eigenvalue weighted by Gasteiger charge is 2.38. The zero-order valence-corrected chi connectivity index (χ0v) is 18.4. The van der Waals surface area contributed by atoms with Crippen LogP contribution in [0.25, 0.3) is 16.5 Å². The molecule has 2 aliphatic heterocycles. The van der Waals surface area contributed by atoms with Crippen LogP contribution < -0.4 is 5.32 Å². The summed E-state index contributed by atoms with van der Waals surface area (Å²) < 4.78 is 19.4. The molecule has 0 unspecified atom stereocenters. The van der Waals surface area contributed by atoms with E-state index in [9.17, 15) is 14.0 Å². The third-order valence-corrected chi connectivity index (χ3v) is 5.75. The van der Waals surface area contributed by atoms with Crippen LogP contribution in [-0.4, -0.2) is 65.6 Å². The highest BCUT2D eigenvalue weighted by Crippen LogP contribution is 2.40. The number of carbonyl (C=O) groups excluding carboxylic acids is 2. The lowest BCUT2D eigenvalue weighted by Crippen LogP contribution is -2.51. The van der Waals surface area contributed by atoms with E-state index in [4.69, 9.17) is 4.74 Å². The number of fused-ring (bicyclic) bond motifs is 3. The van der Waals surface area contributed by atoms with Gasteiger partial charge < -0.3 is 19.9 Å². The largest absolute Gasteiger partial charge is 0.459 e. The summed E-state index contributed by atoms with van der Waals surface area (Å²) in [7, 11) is 0. The molecule has 7 nitrogen and oxygen atoms in total. The van der Waals surface area contributed by atoms with Crippen LogP contribution in [0.5, 0.6) is 0 Å². The lowest BCUT2D eigenvalue weighted by Gasteiger charge is -2.35. The minimum absolute atomic E-state index is 0.134. The van der Waals surface area contributed by atoms with E-state index >= 15 is 0 Å². The van der Waals surface area contributed by atoms with Crippen molar-refractivity contribution in [2.75, 3.05) is 32.7 Å². The van der Waals surface area contributed by atoms with Crippen molar-refractivity contribution in [3.05, 3.63) is 41.5 Å². The maximum Gasteiger partial charge on any atom is 0.342 e. The normalized spacial score (nSPS) is 18.6. The van der Waals surface area contributed by atoms with Crippen LogP contribution in [0.1, 0.15) is 39.0 Å². The first kappa shape index (κ1) is 21.4. The van der Waals surface area contributed by atoms with Gasteiger partial charge in [-0.2, -0.15) is 0 Å². The molecule has 1 fully saturated rings. The Bertz CT molecular complexity index is 1050. The number of benzene rings is 1. The second kappa shape index (κ2) is 8.00. The minimum atomic E-state index is -0.515. The van der Waals surface area contributed by atoms with Gasteiger partial charge in [-0.15, -0.1) is 0 Å². The number of hydrogen-bond acceptors (Lipinski definition) is 4. The van der Waals surface area contributed by atoms with Crippen molar-refractivity contribution in [3.63, 3.8) is 0 Å². The fourth-order valence-electron chi connectivity index (χ4n) is 4.44. The Morgan fingerprint density at radius 1 is 1.19 bits per heavy atom. The van der Waals surface area contributed by atoms with Gasteiger partial charge in [0.2, 0.25) is 0 Å². The summed E-state index contributed by atoms with van der Waals surface area (Å²) >= 11 is 0. The van der Waals surface area contributed by atoms with Crippen LogP contribution in [0.3, 0.4) is 0 Å². The zero-order valence-electron chi connectivity index (χ0n) is 18.4. The Morgan fingerprint density at radius 2 is 1.90 bits per heavy atom. The highest BCUT2D eigenvalue weighted by molar-refractivity contribution is 6.18. The number of carbonyl (C=O) groups is 2. The van der Waals surface area contributed by atoms with Crippen molar-refractivity contribution >= 4 is 28.5 Å². The van der Waals surface area contributed by atoms with Gasteiger partial charge in [-0.25, -0.2) is 14.0 Å². The standard InChI is InChI=1S/C23H29FN4O3/c1-14(2)31-21(29)17-12-28(22(30)27-9-7-25-8-10-27)13-23(3,4)19-16-6-5-15(24)11-18(16)26-20(17)19/h5-6,11-12,14,25-26H,7-10,13H2,1-4H3. The predicted octanol–water partition coefficient (Wildman–Crippen LogP) is 3.22. The number of piperazine rings is 1. The average molecular weight is 429 g/mol. The third kappa shape index (κ3) is 4.04. The van der Waals surface area contributed by atoms with Gasteiger partial charge in [-0.05, 0) is 37.6 Å². The Labute approximate surface area is 181 Å². The molecule has 0 spiro atoms. The number of amides is 2. The van der Waals surface area contributed by atoms with Gasteiger partial charge in [-0.3, -0.25) is 4.90 Å². The monoisotopic (exact) mass is 428 g/mol. The quantitative estimate of drug-likeness (QED) is 0.720. The molecule has 0 saturated carbocycles. The first-order valence-corrected chi connectivity index (χ1v) is 10.7. The maximum atomic E-state index is 13.9. The molecule has 31 heavy (non-hydrogen) atoms. The van der Waals surface area contributed by atoms with Gasteiger partial charge in [0.25, 0.3) is 0 Å². The van der Waals surface area contributed by atoms with Crippen LogP contribution in [0.2, 0.25) is 0 Å². The number of urea groups is 1. The molecule has 2 amide bonds. The van der Waals surface area contributed by atoms with Gasteiger partial charge in [-0.1, -0.05) is 13.8 Å². The number of esters is 1. The minimum Gasteiger partial charge on any atom is -0.459 e. The number of H-pyrrole nitrogens is 1. The number of aromatic amines is 1. The van der Waals surface area contributed by atoms with E-state index in [1.807, 2.05) is 13.8 Å². The van der Waals surface area contributed by atoms with Crippen LogP contribution >= 0.6 is 0 Å². The van der Waals surface area contributed by atoms with Crippen LogP contribution in [-0.2, 0) is 14.9 Å². The number of hydrogen-bond donors (Lipinski definition) is 2. The second-order valence-corrected chi connectivity index (χ2v) is 9.09. The summed E-state index contributed by atoms with van der Waals surface area (Å²) in [5, 5.41) is 4.08. The molecule has 2 aromatic rings. The van der Waals surface area contributed by atoms with Gasteiger partial charge >= 0.3 is 12.0 Å². The highest BCUT2D eigenvalue weighted by atomic mass is 19.1. The molecule has 0 aliphatic carbocycles. The van der Waals surface area contributed by atoms with E-state index in [1.54, 1.807) is 35.9 Å². The Kier molecular flexibility index (Phi) is 5.51. The van der Waals surface area contributed by atoms with Crippen molar-refractivity contribution in [2.45, 2.75) is 39.2 Å². The molecule has 3 heterocycles. The average Bonchev–Trinajstić information content (AvgIpc) is 3.04. The van der Waals surface area contributed by atoms with Gasteiger partial charge in [0.1, 0.15) is 5.82 Å². The van der Waals surface area contributed by atoms with Crippen molar-refractivity contribution in [3.8, 4) is 0 Å². The molecular formula is C23H29FN4O3. The molecule has 1 saturated heterocycles. The number of halogens is 1. The fourth-order valence-corrected chi connectivity index (χ4v) is 4.44. The van der Waals surface area contributed by atoms with E-state index in [1.165, 1.54) is 12.1 Å². The lowest BCUT2D eigenvalue weighted by molar-refractivity contribution is -0.140. The molecule has 4 rings (SSSR count). The number of rotatable bonds is 2. The third-order valence-electron chi connectivity index (χ3n) is 5.75. The molecule has 0 radical (unpaired) electrons. The molecule has 166 valence electrons. The number of ether oxygens (including phenoxy) is 1. The first-order valence-electron chi connectivity index (χ1n) is 10.7. The Morgan fingerprint density at radius 3 is 2.58 bits per heavy atom. The van der Waals surface area contributed by atoms with Gasteiger partial charge in [0.05, 0.1) is 17.4 Å². The second-order valence-electron chi connectivity index (χ2n) is 9.09. The molecule has 0 atom stereocenters. The molecular weight excluding hydrogens is 399 g/mol. The Hall–Kier alpha value is -2.87. The SMILES string of the molecule is CC(C)OC(=O)C1=CN(C(=O)N2CCNCC2)CC(C)(C)c2c1[nH]c1cc(F)ccc21. The summed E-state index contributed by atoms with van der Waals surface area (Å²) in [6.07, 6.45) is 1.28. The summed E-state index contributed by atoms with van der Waals surface area (Å²) in [6, 6.07) is 4.43. The van der Waals surface area contributed by atoms with Crippen LogP contribution in [0.15, 0.2) is 24.4 Å². The van der Waals surface area contributed by atoms with Crippen molar-refractivity contribution < 1.29 is 18.7 Å². The van der Waals surface area contributed by atoms with E-state index < -0.39 is 11.4 Å². The summed E-state index contributed by atoms with van der Waals surface area (Å²) in [4.78, 5) is 33.0. The fraction of sp³-hybridized carbons (Fsp3) is 0.478. The maximum absolute atomic E-state index is 13.9. The zero-order chi connectivity index (χ0) is 22.3. The number of nitrogens with zero attached hydrogens (tertiary/aromatic N) is 2. The van der Waals surface area contributed by atoms with Crippen LogP contribution in [0.4, 0.5) is 9.18 Å². The molecule has 2 N–H and O–H groups in total. The number of nitrogens with one attached hydrogen (secondary N) is 2. The van der Waals surface area contributed by atoms with E-state index in [0.29, 0.717) is 30.8 Å². The van der Waals surface area contributed by atoms with Gasteiger partial charge in [0, 0.05) is 55.2 Å². The predicted molar refractivity (Wildman–Crippen MR) is 117 cm³/mol. The van der Waals surface area contributed by atoms with Crippen molar-refractivity contribution in [2.24, 2.45) is 0 Å². The van der Waals surface area contributed by atoms with Crippen molar-refractivity contribution in [1.29, 1.82) is 0 Å². The van der Waals surface area contributed by atoms with E-state index in [-0.39, 0.29) is 23.5 Å². The first-order chi connectivity index (χ1) is 14.7. The smallest absolute Gasteiger partial charge is 0.342 e. The van der Waals surface area contributed by atoms with E-state index in [2.05, 4.69) is 10.3 Å². The summed E-state index contributed by atoms with van der Waals surface area (Å²) in [6.45, 7) is 10.7. The summed E-state index contributed by atoms with van der Waals surface area (Å²) in [5.74, 6) is -0.869.